The molecular weight excluding hydrogens is 143 g/mol. The normalized spacial score (nSPS) is 10.1. The molecule has 2 heteroatoms. The average Bonchev–Trinajstić information content (AvgIpc) is 1.99. The fourth-order valence-electron chi connectivity index (χ4n) is 0.888. The van der Waals surface area contributed by atoms with Gasteiger partial charge in [0, 0.05) is 12.7 Å². The van der Waals surface area contributed by atoms with Crippen LogP contribution in [0.1, 0.15) is 11.1 Å². The van der Waals surface area contributed by atoms with E-state index >= 15 is 0 Å². The lowest BCUT2D eigenvalue weighted by molar-refractivity contribution is 0.289. The number of rotatable bonds is 2. The number of benzene rings is 1. The Hall–Kier alpha value is -0.890. The van der Waals surface area contributed by atoms with Gasteiger partial charge in [-0.05, 0) is 12.5 Å². The van der Waals surface area contributed by atoms with Gasteiger partial charge >= 0.3 is 0 Å². The molecule has 11 heavy (non-hydrogen) atoms. The summed E-state index contributed by atoms with van der Waals surface area (Å²) in [7, 11) is 1.50. The Morgan fingerprint density at radius 1 is 1.45 bits per heavy atom. The molecule has 0 aromatic heterocycles. The van der Waals surface area contributed by atoms with Gasteiger partial charge in [-0.15, -0.1) is 0 Å². The molecule has 0 aliphatic heterocycles. The van der Waals surface area contributed by atoms with Gasteiger partial charge in [-0.2, -0.15) is 0 Å². The van der Waals surface area contributed by atoms with Gasteiger partial charge in [0.25, 0.3) is 0 Å². The molecule has 0 saturated heterocycles. The molecule has 59 valence electrons. The molecule has 0 N–H and O–H groups in total. The largest absolute Gasteiger partial charge is 0.374 e. The first kappa shape index (κ1) is 8.21. The molecule has 1 radical (unpaired) electrons. The van der Waals surface area contributed by atoms with Gasteiger partial charge in [-0.1, -0.05) is 18.2 Å². The van der Waals surface area contributed by atoms with Crippen molar-refractivity contribution in [2.75, 3.05) is 7.11 Å². The van der Waals surface area contributed by atoms with E-state index in [0.29, 0.717) is 11.1 Å². The van der Waals surface area contributed by atoms with Gasteiger partial charge in [0.15, 0.2) is 0 Å². The fourth-order valence-corrected chi connectivity index (χ4v) is 0.888. The van der Waals surface area contributed by atoms with Crippen molar-refractivity contribution in [2.45, 2.75) is 6.92 Å². The van der Waals surface area contributed by atoms with E-state index in [9.17, 15) is 4.39 Å². The Bertz CT molecular complexity index is 245. The molecule has 1 aromatic rings. The minimum absolute atomic E-state index is 0.214. The van der Waals surface area contributed by atoms with Crippen LogP contribution in [0, 0.1) is 19.3 Å². The summed E-state index contributed by atoms with van der Waals surface area (Å²) >= 11 is 0. The summed E-state index contributed by atoms with van der Waals surface area (Å²) < 4.78 is 17.8. The highest BCUT2D eigenvalue weighted by Gasteiger charge is 2.03. The summed E-state index contributed by atoms with van der Waals surface area (Å²) in [4.78, 5) is 0. The molecule has 0 amide bonds. The van der Waals surface area contributed by atoms with Crippen molar-refractivity contribution in [1.29, 1.82) is 0 Å². The van der Waals surface area contributed by atoms with E-state index < -0.39 is 0 Å². The minimum Gasteiger partial charge on any atom is -0.374 e. The minimum atomic E-state index is -0.214. The molecule has 1 nitrogen and oxygen atoms in total. The Kier molecular flexibility index (Phi) is 2.60. The summed E-state index contributed by atoms with van der Waals surface area (Å²) in [5.41, 5.74) is 1.13. The molecule has 0 bridgehead atoms. The van der Waals surface area contributed by atoms with Crippen molar-refractivity contribution in [3.63, 3.8) is 0 Å². The predicted molar refractivity (Wildman–Crippen MR) is 41.5 cm³/mol. The zero-order valence-corrected chi connectivity index (χ0v) is 6.60. The summed E-state index contributed by atoms with van der Waals surface area (Å²) in [6, 6.07) is 5.19. The second-order valence-corrected chi connectivity index (χ2v) is 2.33. The number of ether oxygens (including phenoxy) is 1. The van der Waals surface area contributed by atoms with Crippen LogP contribution in [0.15, 0.2) is 18.2 Å². The lowest BCUT2D eigenvalue weighted by Gasteiger charge is -2.02. The third-order valence-electron chi connectivity index (χ3n) is 1.47. The summed E-state index contributed by atoms with van der Waals surface area (Å²) in [6.07, 6.45) is 0. The van der Waals surface area contributed by atoms with E-state index in [1.807, 2.05) is 0 Å². The number of methoxy groups -OCH3 is 1. The average molecular weight is 153 g/mol. The summed E-state index contributed by atoms with van der Waals surface area (Å²) in [6.45, 7) is 3.12. The lowest BCUT2D eigenvalue weighted by Crippen LogP contribution is -1.91. The van der Waals surface area contributed by atoms with Gasteiger partial charge in [0.2, 0.25) is 0 Å². The van der Waals surface area contributed by atoms with E-state index in [4.69, 9.17) is 4.74 Å². The predicted octanol–water partition coefficient (Wildman–Crippen LogP) is 2.29. The van der Waals surface area contributed by atoms with Crippen LogP contribution in [0.5, 0.6) is 0 Å². The number of hydrogen-bond acceptors (Lipinski definition) is 1. The molecule has 0 saturated carbocycles. The summed E-state index contributed by atoms with van der Waals surface area (Å²) in [5, 5.41) is 0. The van der Waals surface area contributed by atoms with Crippen molar-refractivity contribution in [3.8, 4) is 0 Å². The smallest absolute Gasteiger partial charge is 0.132 e. The molecule has 1 aromatic carbocycles. The van der Waals surface area contributed by atoms with Gasteiger partial charge in [0.1, 0.15) is 12.4 Å². The zero-order chi connectivity index (χ0) is 8.27. The van der Waals surface area contributed by atoms with Crippen LogP contribution >= 0.6 is 0 Å². The van der Waals surface area contributed by atoms with Crippen molar-refractivity contribution < 1.29 is 9.13 Å². The molecule has 0 spiro atoms. The lowest BCUT2D eigenvalue weighted by atomic mass is 10.1. The summed E-state index contributed by atoms with van der Waals surface area (Å²) in [5.74, 6) is -0.214. The van der Waals surface area contributed by atoms with Crippen molar-refractivity contribution in [2.24, 2.45) is 0 Å². The number of hydrogen-bond donors (Lipinski definition) is 0. The molecule has 0 atom stereocenters. The van der Waals surface area contributed by atoms with E-state index in [-0.39, 0.29) is 5.82 Å². The van der Waals surface area contributed by atoms with E-state index in [1.54, 1.807) is 25.1 Å². The Morgan fingerprint density at radius 3 is 2.82 bits per heavy atom. The van der Waals surface area contributed by atoms with Crippen LogP contribution in [0.2, 0.25) is 0 Å². The van der Waals surface area contributed by atoms with Crippen molar-refractivity contribution in [1.82, 2.24) is 0 Å². The Balaban J connectivity index is 2.96. The molecule has 0 unspecified atom stereocenters. The maximum Gasteiger partial charge on any atom is 0.132 e. The first-order valence-corrected chi connectivity index (χ1v) is 3.37. The second kappa shape index (κ2) is 3.49. The Labute approximate surface area is 65.8 Å². The molecule has 1 rings (SSSR count). The van der Waals surface area contributed by atoms with Crippen LogP contribution in [-0.4, -0.2) is 7.11 Å². The quantitative estimate of drug-likeness (QED) is 0.633. The molecule has 0 fully saturated rings. The molecular formula is C9H10FO. The van der Waals surface area contributed by atoms with Crippen LogP contribution in [0.4, 0.5) is 4.39 Å². The second-order valence-electron chi connectivity index (χ2n) is 2.33. The van der Waals surface area contributed by atoms with E-state index in [2.05, 4.69) is 0 Å². The highest BCUT2D eigenvalue weighted by molar-refractivity contribution is 5.28. The highest BCUT2D eigenvalue weighted by Crippen LogP contribution is 2.13. The van der Waals surface area contributed by atoms with Crippen molar-refractivity contribution in [3.05, 3.63) is 41.8 Å². The first-order chi connectivity index (χ1) is 5.25. The third kappa shape index (κ3) is 1.77. The zero-order valence-electron chi connectivity index (χ0n) is 6.60. The van der Waals surface area contributed by atoms with Gasteiger partial charge in [-0.25, -0.2) is 4.39 Å². The first-order valence-electron chi connectivity index (χ1n) is 3.37. The van der Waals surface area contributed by atoms with Crippen LogP contribution in [-0.2, 0) is 4.74 Å². The Morgan fingerprint density at radius 2 is 2.18 bits per heavy atom. The third-order valence-corrected chi connectivity index (χ3v) is 1.47. The van der Waals surface area contributed by atoms with E-state index in [1.165, 1.54) is 13.7 Å². The van der Waals surface area contributed by atoms with Crippen molar-refractivity contribution >= 4 is 0 Å². The fraction of sp³-hybridized carbons (Fsp3) is 0.222. The van der Waals surface area contributed by atoms with Gasteiger partial charge < -0.3 is 4.74 Å². The van der Waals surface area contributed by atoms with Crippen LogP contribution in [0.25, 0.3) is 0 Å². The maximum absolute atomic E-state index is 13.1. The van der Waals surface area contributed by atoms with Crippen LogP contribution < -0.4 is 0 Å². The molecule has 0 aliphatic carbocycles. The number of aryl methyl sites for hydroxylation is 1. The molecule has 0 heterocycles. The van der Waals surface area contributed by atoms with Gasteiger partial charge in [-0.3, -0.25) is 0 Å². The number of halogens is 1. The van der Waals surface area contributed by atoms with Crippen LogP contribution in [0.3, 0.4) is 0 Å². The monoisotopic (exact) mass is 153 g/mol. The standard InChI is InChI=1S/C9H10FO/c1-7-4-3-5-8(6-11-2)9(7)10/h3-6H,1-2H3. The van der Waals surface area contributed by atoms with E-state index in [0.717, 1.165) is 0 Å². The van der Waals surface area contributed by atoms with Gasteiger partial charge in [0.05, 0.1) is 0 Å². The molecule has 0 aliphatic rings. The maximum atomic E-state index is 13.1. The highest BCUT2D eigenvalue weighted by atomic mass is 19.1. The SMILES string of the molecule is CO[CH]c1cccc(C)c1F. The topological polar surface area (TPSA) is 9.23 Å².